The van der Waals surface area contributed by atoms with Gasteiger partial charge in [0, 0.05) is 12.6 Å². The van der Waals surface area contributed by atoms with Gasteiger partial charge in [0.05, 0.1) is 11.5 Å². The molecule has 2 atom stereocenters. The Morgan fingerprint density at radius 2 is 1.94 bits per heavy atom. The van der Waals surface area contributed by atoms with Gasteiger partial charge < -0.3 is 5.32 Å². The van der Waals surface area contributed by atoms with E-state index >= 15 is 0 Å². The molecular formula is C14H26N2. The molecule has 1 saturated carbocycles. The van der Waals surface area contributed by atoms with Crippen molar-refractivity contribution in [3.8, 4) is 6.07 Å². The largest absolute Gasteiger partial charge is 0.312 e. The summed E-state index contributed by atoms with van der Waals surface area (Å²) in [5.74, 6) is 1.55. The van der Waals surface area contributed by atoms with Crippen LogP contribution in [0.15, 0.2) is 0 Å². The van der Waals surface area contributed by atoms with Gasteiger partial charge in [-0.15, -0.1) is 0 Å². The van der Waals surface area contributed by atoms with Gasteiger partial charge in [-0.25, -0.2) is 0 Å². The molecule has 1 rings (SSSR count). The van der Waals surface area contributed by atoms with E-state index < -0.39 is 0 Å². The number of nitrogens with one attached hydrogen (secondary N) is 1. The molecule has 0 heterocycles. The first-order valence-corrected chi connectivity index (χ1v) is 6.61. The maximum Gasteiger partial charge on any atom is 0.0697 e. The van der Waals surface area contributed by atoms with E-state index in [9.17, 15) is 0 Å². The quantitative estimate of drug-likeness (QED) is 0.792. The fraction of sp³-hybridized carbons (Fsp3) is 0.929. The van der Waals surface area contributed by atoms with Gasteiger partial charge in [0.25, 0.3) is 0 Å². The van der Waals surface area contributed by atoms with Crippen LogP contribution in [-0.2, 0) is 0 Å². The molecule has 0 amide bonds. The molecular weight excluding hydrogens is 196 g/mol. The van der Waals surface area contributed by atoms with Crippen LogP contribution in [0, 0.1) is 28.6 Å². The predicted octanol–water partition coefficient (Wildman–Crippen LogP) is 3.34. The van der Waals surface area contributed by atoms with Crippen LogP contribution >= 0.6 is 0 Å². The Bertz CT molecular complexity index is 250. The first kappa shape index (κ1) is 13.5. The summed E-state index contributed by atoms with van der Waals surface area (Å²) in [6.07, 6.45) is 5.35. The summed E-state index contributed by atoms with van der Waals surface area (Å²) < 4.78 is 0. The van der Waals surface area contributed by atoms with Crippen molar-refractivity contribution >= 4 is 0 Å². The van der Waals surface area contributed by atoms with E-state index in [0.717, 1.165) is 18.4 Å². The van der Waals surface area contributed by atoms with Gasteiger partial charge in [-0.2, -0.15) is 5.26 Å². The Labute approximate surface area is 100 Å². The summed E-state index contributed by atoms with van der Waals surface area (Å²) in [4.78, 5) is 0. The van der Waals surface area contributed by atoms with Gasteiger partial charge in [-0.3, -0.25) is 0 Å². The molecule has 2 unspecified atom stereocenters. The molecule has 1 N–H and O–H groups in total. The van der Waals surface area contributed by atoms with Crippen LogP contribution in [0.2, 0.25) is 0 Å². The van der Waals surface area contributed by atoms with Crippen LogP contribution < -0.4 is 5.32 Å². The highest BCUT2D eigenvalue weighted by atomic mass is 14.9. The highest BCUT2D eigenvalue weighted by molar-refractivity contribution is 4.95. The summed E-state index contributed by atoms with van der Waals surface area (Å²) in [6, 6.07) is 2.99. The summed E-state index contributed by atoms with van der Waals surface area (Å²) in [5.41, 5.74) is -0.237. The van der Waals surface area contributed by atoms with Crippen molar-refractivity contribution in [1.82, 2.24) is 5.32 Å². The summed E-state index contributed by atoms with van der Waals surface area (Å²) in [6.45, 7) is 9.47. The minimum Gasteiger partial charge on any atom is -0.312 e. The molecule has 0 aliphatic heterocycles. The number of nitrogens with zero attached hydrogens (tertiary/aromatic N) is 1. The van der Waals surface area contributed by atoms with Crippen LogP contribution in [0.25, 0.3) is 0 Å². The van der Waals surface area contributed by atoms with E-state index in [2.05, 4.69) is 25.2 Å². The summed E-state index contributed by atoms with van der Waals surface area (Å²) >= 11 is 0. The molecule has 0 aromatic carbocycles. The van der Waals surface area contributed by atoms with Crippen molar-refractivity contribution in [3.05, 3.63) is 0 Å². The van der Waals surface area contributed by atoms with Crippen molar-refractivity contribution < 1.29 is 0 Å². The molecule has 0 aromatic rings. The highest BCUT2D eigenvalue weighted by Gasteiger charge is 2.28. The number of rotatable bonds is 4. The Kier molecular flexibility index (Phi) is 4.80. The third-order valence-corrected chi connectivity index (χ3v) is 3.78. The van der Waals surface area contributed by atoms with Crippen LogP contribution in [0.5, 0.6) is 0 Å². The van der Waals surface area contributed by atoms with Gasteiger partial charge in [0.1, 0.15) is 0 Å². The van der Waals surface area contributed by atoms with E-state index in [1.54, 1.807) is 0 Å². The average Bonchev–Trinajstić information content (AvgIpc) is 2.27. The SMILES string of the molecule is CC(C)C1CCCCC1NCC(C)(C)C#N. The fourth-order valence-corrected chi connectivity index (χ4v) is 2.64. The second-order valence-electron chi connectivity index (χ2n) is 6.18. The molecule has 0 radical (unpaired) electrons. The van der Waals surface area contributed by atoms with Crippen LogP contribution in [0.1, 0.15) is 53.4 Å². The van der Waals surface area contributed by atoms with Crippen molar-refractivity contribution in [2.24, 2.45) is 17.3 Å². The molecule has 2 heteroatoms. The third-order valence-electron chi connectivity index (χ3n) is 3.78. The lowest BCUT2D eigenvalue weighted by Gasteiger charge is -2.36. The monoisotopic (exact) mass is 222 g/mol. The first-order chi connectivity index (χ1) is 7.46. The van der Waals surface area contributed by atoms with E-state index in [0.29, 0.717) is 6.04 Å². The molecule has 0 bridgehead atoms. The standard InChI is InChI=1S/C14H26N2/c1-11(2)12-7-5-6-8-13(12)16-10-14(3,4)9-15/h11-13,16H,5-8,10H2,1-4H3. The predicted molar refractivity (Wildman–Crippen MR) is 68.0 cm³/mol. The number of nitriles is 1. The lowest BCUT2D eigenvalue weighted by molar-refractivity contribution is 0.196. The normalized spacial score (nSPS) is 26.8. The molecule has 1 aliphatic rings. The Balaban J connectivity index is 2.48. The van der Waals surface area contributed by atoms with E-state index in [1.165, 1.54) is 25.7 Å². The zero-order chi connectivity index (χ0) is 12.2. The van der Waals surface area contributed by atoms with Gasteiger partial charge in [-0.1, -0.05) is 26.7 Å². The Morgan fingerprint density at radius 3 is 2.50 bits per heavy atom. The molecule has 0 aromatic heterocycles. The maximum atomic E-state index is 9.01. The van der Waals surface area contributed by atoms with E-state index in [4.69, 9.17) is 5.26 Å². The summed E-state index contributed by atoms with van der Waals surface area (Å²) in [5, 5.41) is 12.6. The van der Waals surface area contributed by atoms with Gasteiger partial charge in [0.2, 0.25) is 0 Å². The minimum absolute atomic E-state index is 0.237. The average molecular weight is 222 g/mol. The van der Waals surface area contributed by atoms with Crippen LogP contribution in [0.3, 0.4) is 0 Å². The molecule has 16 heavy (non-hydrogen) atoms. The smallest absolute Gasteiger partial charge is 0.0697 e. The second kappa shape index (κ2) is 5.68. The zero-order valence-electron chi connectivity index (χ0n) is 11.2. The van der Waals surface area contributed by atoms with Crippen molar-refractivity contribution in [3.63, 3.8) is 0 Å². The molecule has 1 fully saturated rings. The van der Waals surface area contributed by atoms with Crippen molar-refractivity contribution in [1.29, 1.82) is 5.26 Å². The molecule has 0 saturated heterocycles. The first-order valence-electron chi connectivity index (χ1n) is 6.61. The van der Waals surface area contributed by atoms with Gasteiger partial charge in [-0.05, 0) is 38.5 Å². The minimum atomic E-state index is -0.237. The van der Waals surface area contributed by atoms with Gasteiger partial charge >= 0.3 is 0 Å². The molecule has 1 aliphatic carbocycles. The van der Waals surface area contributed by atoms with Crippen LogP contribution in [0.4, 0.5) is 0 Å². The van der Waals surface area contributed by atoms with Crippen molar-refractivity contribution in [2.75, 3.05) is 6.54 Å². The van der Waals surface area contributed by atoms with Crippen molar-refractivity contribution in [2.45, 2.75) is 59.4 Å². The topological polar surface area (TPSA) is 35.8 Å². The fourth-order valence-electron chi connectivity index (χ4n) is 2.64. The lowest BCUT2D eigenvalue weighted by Crippen LogP contribution is -2.44. The molecule has 92 valence electrons. The molecule has 2 nitrogen and oxygen atoms in total. The third kappa shape index (κ3) is 3.79. The number of hydrogen-bond acceptors (Lipinski definition) is 2. The van der Waals surface area contributed by atoms with Gasteiger partial charge in [0.15, 0.2) is 0 Å². The Hall–Kier alpha value is -0.550. The lowest BCUT2D eigenvalue weighted by atomic mass is 9.77. The Morgan fingerprint density at radius 1 is 1.31 bits per heavy atom. The highest BCUT2D eigenvalue weighted by Crippen LogP contribution is 2.30. The van der Waals surface area contributed by atoms with E-state index in [1.807, 2.05) is 13.8 Å². The molecule has 0 spiro atoms. The second-order valence-corrected chi connectivity index (χ2v) is 6.18. The van der Waals surface area contributed by atoms with E-state index in [-0.39, 0.29) is 5.41 Å². The maximum absolute atomic E-state index is 9.01. The van der Waals surface area contributed by atoms with Crippen LogP contribution in [-0.4, -0.2) is 12.6 Å². The summed E-state index contributed by atoms with van der Waals surface area (Å²) in [7, 11) is 0. The number of hydrogen-bond donors (Lipinski definition) is 1. The zero-order valence-corrected chi connectivity index (χ0v) is 11.2.